The number of hydrogen-bond donors (Lipinski definition) is 0. The molecule has 4 heteroatoms. The monoisotopic (exact) mass is 791 g/mol. The van der Waals surface area contributed by atoms with E-state index in [-0.39, 0.29) is 0 Å². The number of hydrogen-bond acceptors (Lipinski definition) is 4. The largest absolute Gasteiger partial charge is 0.456 e. The molecule has 62 heavy (non-hydrogen) atoms. The summed E-state index contributed by atoms with van der Waals surface area (Å²) in [5.41, 5.74) is 16.0. The predicted octanol–water partition coefficient (Wildman–Crippen LogP) is 14.5. The number of fused-ring (bicyclic) bond motifs is 6. The third-order valence-electron chi connectivity index (χ3n) is 12.4. The Morgan fingerprint density at radius 1 is 0.323 bits per heavy atom. The first-order valence-electron chi connectivity index (χ1n) is 21.0. The zero-order valence-corrected chi connectivity index (χ0v) is 33.6. The third kappa shape index (κ3) is 5.58. The van der Waals surface area contributed by atoms with Gasteiger partial charge in [0.1, 0.15) is 11.2 Å². The summed E-state index contributed by atoms with van der Waals surface area (Å²) in [4.78, 5) is 15.2. The molecule has 1 aliphatic carbocycles. The van der Waals surface area contributed by atoms with Crippen molar-refractivity contribution in [3.8, 4) is 67.5 Å². The van der Waals surface area contributed by atoms with Crippen molar-refractivity contribution in [2.24, 2.45) is 0 Å². The van der Waals surface area contributed by atoms with Gasteiger partial charge in [0.05, 0.1) is 5.41 Å². The number of rotatable bonds is 7. The molecule has 0 saturated heterocycles. The second-order valence-corrected chi connectivity index (χ2v) is 15.8. The highest BCUT2D eigenvalue weighted by molar-refractivity contribution is 6.13. The molecule has 0 N–H and O–H groups in total. The van der Waals surface area contributed by atoms with E-state index in [0.717, 1.165) is 49.8 Å². The van der Waals surface area contributed by atoms with E-state index in [1.807, 2.05) is 72.8 Å². The molecule has 0 spiro atoms. The van der Waals surface area contributed by atoms with Crippen molar-refractivity contribution in [2.45, 2.75) is 5.41 Å². The molecule has 9 aromatic carbocycles. The summed E-state index contributed by atoms with van der Waals surface area (Å²) in [5, 5.41) is 1.97. The molecule has 0 unspecified atom stereocenters. The quantitative estimate of drug-likeness (QED) is 0.161. The van der Waals surface area contributed by atoms with Crippen LogP contribution in [0.2, 0.25) is 0 Å². The van der Waals surface area contributed by atoms with Crippen molar-refractivity contribution in [3.63, 3.8) is 0 Å². The molecule has 0 bridgehead atoms. The molecular formula is C58H37N3O. The maximum atomic E-state index is 6.60. The van der Waals surface area contributed by atoms with Crippen molar-refractivity contribution >= 4 is 21.9 Å². The number of benzene rings is 9. The van der Waals surface area contributed by atoms with E-state index < -0.39 is 5.41 Å². The molecule has 2 heterocycles. The highest BCUT2D eigenvalue weighted by Crippen LogP contribution is 2.59. The Kier molecular flexibility index (Phi) is 8.36. The third-order valence-corrected chi connectivity index (χ3v) is 12.4. The van der Waals surface area contributed by atoms with Crippen molar-refractivity contribution in [1.82, 2.24) is 15.0 Å². The molecule has 290 valence electrons. The zero-order valence-electron chi connectivity index (χ0n) is 33.6. The van der Waals surface area contributed by atoms with Gasteiger partial charge >= 0.3 is 0 Å². The van der Waals surface area contributed by atoms with Gasteiger partial charge in [-0.25, -0.2) is 15.0 Å². The Hall–Kier alpha value is -8.21. The Morgan fingerprint density at radius 3 is 1.45 bits per heavy atom. The number of nitrogens with zero attached hydrogens (tertiary/aromatic N) is 3. The zero-order chi connectivity index (χ0) is 41.0. The first-order chi connectivity index (χ1) is 30.8. The maximum Gasteiger partial charge on any atom is 0.164 e. The fourth-order valence-corrected chi connectivity index (χ4v) is 9.81. The minimum Gasteiger partial charge on any atom is -0.456 e. The summed E-state index contributed by atoms with van der Waals surface area (Å²) in [6.45, 7) is 0. The van der Waals surface area contributed by atoms with Crippen LogP contribution in [-0.2, 0) is 5.41 Å². The molecular weight excluding hydrogens is 755 g/mol. The first-order valence-corrected chi connectivity index (χ1v) is 21.0. The second kappa shape index (κ2) is 14.5. The average molecular weight is 792 g/mol. The van der Waals surface area contributed by atoms with E-state index >= 15 is 0 Å². The van der Waals surface area contributed by atoms with Crippen molar-refractivity contribution in [1.29, 1.82) is 0 Å². The van der Waals surface area contributed by atoms with Crippen LogP contribution in [0.25, 0.3) is 89.5 Å². The fourth-order valence-electron chi connectivity index (χ4n) is 9.81. The van der Waals surface area contributed by atoms with Crippen LogP contribution in [0.5, 0.6) is 0 Å². The molecule has 11 aromatic rings. The average Bonchev–Trinajstić information content (AvgIpc) is 3.89. The van der Waals surface area contributed by atoms with Crippen molar-refractivity contribution in [2.75, 3.05) is 0 Å². The van der Waals surface area contributed by atoms with Crippen LogP contribution in [0, 0.1) is 0 Å². The van der Waals surface area contributed by atoms with Crippen LogP contribution < -0.4 is 0 Å². The molecule has 0 fully saturated rings. The van der Waals surface area contributed by atoms with E-state index in [9.17, 15) is 0 Å². The molecule has 4 nitrogen and oxygen atoms in total. The summed E-state index contributed by atoms with van der Waals surface area (Å²) in [7, 11) is 0. The number of furan rings is 1. The van der Waals surface area contributed by atoms with Gasteiger partial charge in [-0.3, -0.25) is 0 Å². The standard InChI is InChI=1S/C58H37N3O/c1-5-19-38(20-6-1)55-59-56(39-21-7-2-8-22-39)61-57(60-55)48-32-18-34-52-53(48)49-37-40(35-36-51(49)62-52)43-27-13-14-28-44(43)46-30-17-31-47-45-29-15-16-33-50(45)58(54(46)47,41-23-9-3-10-24-41)42-25-11-4-12-26-42/h1-37H. The summed E-state index contributed by atoms with van der Waals surface area (Å²) in [5.74, 6) is 1.83. The smallest absolute Gasteiger partial charge is 0.164 e. The SMILES string of the molecule is c1ccc(-c2nc(-c3ccccc3)nc(-c3cccc4oc5ccc(-c6ccccc6-c6cccc7c6C(c6ccccc6)(c6ccccc6)c6ccccc6-7)cc5c34)n2)cc1. The van der Waals surface area contributed by atoms with Crippen LogP contribution >= 0.6 is 0 Å². The first kappa shape index (κ1) is 35.7. The van der Waals surface area contributed by atoms with Crippen molar-refractivity contribution in [3.05, 3.63) is 247 Å². The van der Waals surface area contributed by atoms with E-state index in [1.165, 1.54) is 44.5 Å². The van der Waals surface area contributed by atoms with Crippen molar-refractivity contribution < 1.29 is 4.42 Å². The van der Waals surface area contributed by atoms with E-state index in [0.29, 0.717) is 17.5 Å². The lowest BCUT2D eigenvalue weighted by atomic mass is 9.66. The van der Waals surface area contributed by atoms with Gasteiger partial charge < -0.3 is 4.42 Å². The van der Waals surface area contributed by atoms with Gasteiger partial charge in [-0.15, -0.1) is 0 Å². The highest BCUT2D eigenvalue weighted by atomic mass is 16.3. The van der Waals surface area contributed by atoms with Gasteiger partial charge in [0.15, 0.2) is 17.5 Å². The minimum absolute atomic E-state index is 0.542. The van der Waals surface area contributed by atoms with Gasteiger partial charge in [-0.2, -0.15) is 0 Å². The minimum atomic E-state index is -0.542. The van der Waals surface area contributed by atoms with E-state index in [2.05, 4.69) is 152 Å². The fraction of sp³-hybridized carbons (Fsp3) is 0.0172. The van der Waals surface area contributed by atoms with Gasteiger partial charge in [0.25, 0.3) is 0 Å². The lowest BCUT2D eigenvalue weighted by Crippen LogP contribution is -2.29. The summed E-state index contributed by atoms with van der Waals surface area (Å²) >= 11 is 0. The second-order valence-electron chi connectivity index (χ2n) is 15.8. The molecule has 0 saturated carbocycles. The van der Waals surface area contributed by atoms with Gasteiger partial charge in [0.2, 0.25) is 0 Å². The Balaban J connectivity index is 1.08. The molecule has 1 aliphatic rings. The van der Waals surface area contributed by atoms with E-state index in [1.54, 1.807) is 0 Å². The van der Waals surface area contributed by atoms with Gasteiger partial charge in [-0.05, 0) is 73.8 Å². The summed E-state index contributed by atoms with van der Waals surface area (Å²) in [6.07, 6.45) is 0. The predicted molar refractivity (Wildman–Crippen MR) is 252 cm³/mol. The summed E-state index contributed by atoms with van der Waals surface area (Å²) < 4.78 is 6.60. The van der Waals surface area contributed by atoms with Crippen LogP contribution in [0.3, 0.4) is 0 Å². The van der Waals surface area contributed by atoms with Crippen LogP contribution in [0.15, 0.2) is 229 Å². The van der Waals surface area contributed by atoms with Crippen LogP contribution in [0.1, 0.15) is 22.3 Å². The van der Waals surface area contributed by atoms with Crippen LogP contribution in [-0.4, -0.2) is 15.0 Å². The molecule has 0 amide bonds. The highest BCUT2D eigenvalue weighted by Gasteiger charge is 2.47. The number of aromatic nitrogens is 3. The Labute approximate surface area is 359 Å². The normalized spacial score (nSPS) is 12.6. The maximum absolute atomic E-state index is 6.60. The molecule has 2 aromatic heterocycles. The van der Waals surface area contributed by atoms with Gasteiger partial charge in [-0.1, -0.05) is 206 Å². The Bertz CT molecular complexity index is 3350. The van der Waals surface area contributed by atoms with Gasteiger partial charge in [0, 0.05) is 27.5 Å². The molecule has 0 aliphatic heterocycles. The van der Waals surface area contributed by atoms with E-state index in [4.69, 9.17) is 19.4 Å². The molecule has 0 radical (unpaired) electrons. The lowest BCUT2D eigenvalue weighted by Gasteiger charge is -2.35. The molecule has 12 rings (SSSR count). The topological polar surface area (TPSA) is 51.8 Å². The lowest BCUT2D eigenvalue weighted by molar-refractivity contribution is 0.669. The molecule has 0 atom stereocenters. The van der Waals surface area contributed by atoms with Crippen LogP contribution in [0.4, 0.5) is 0 Å². The summed E-state index contributed by atoms with van der Waals surface area (Å²) in [6, 6.07) is 79.5. The Morgan fingerprint density at radius 2 is 0.806 bits per heavy atom.